The zero-order valence-corrected chi connectivity index (χ0v) is 15.2. The van der Waals surface area contributed by atoms with Crippen molar-refractivity contribution in [1.29, 1.82) is 0 Å². The molecule has 3 rings (SSSR count). The number of hydrogen-bond acceptors (Lipinski definition) is 5. The molecule has 0 bridgehead atoms. The van der Waals surface area contributed by atoms with Crippen LogP contribution >= 0.6 is 0 Å². The van der Waals surface area contributed by atoms with Crippen molar-refractivity contribution in [2.45, 2.75) is 13.5 Å². The Labute approximate surface area is 158 Å². The normalized spacial score (nSPS) is 10.4. The average Bonchev–Trinajstić information content (AvgIpc) is 3.17. The molecule has 0 atom stereocenters. The number of hydrogen-bond donors (Lipinski definition) is 1. The summed E-state index contributed by atoms with van der Waals surface area (Å²) in [5, 5.41) is 7.31. The van der Waals surface area contributed by atoms with Crippen molar-refractivity contribution in [1.82, 2.24) is 20.1 Å². The standard InChI is InChI=1S/C20H22N4O3/c1-2-26-17-3-5-18(6-4-17)27-15-20(25)22-12-14-24-13-9-19(23-24)16-7-10-21-11-8-16/h3-11,13H,2,12,14-15H2,1H3,(H,22,25). The van der Waals surface area contributed by atoms with Gasteiger partial charge in [0.2, 0.25) is 0 Å². The Balaban J connectivity index is 1.39. The Morgan fingerprint density at radius 3 is 2.44 bits per heavy atom. The molecule has 0 radical (unpaired) electrons. The highest BCUT2D eigenvalue weighted by Gasteiger charge is 2.05. The number of pyridine rings is 1. The van der Waals surface area contributed by atoms with Crippen LogP contribution in [-0.4, -0.2) is 40.4 Å². The van der Waals surface area contributed by atoms with Gasteiger partial charge in [-0.15, -0.1) is 0 Å². The molecule has 7 nitrogen and oxygen atoms in total. The van der Waals surface area contributed by atoms with Crippen molar-refractivity contribution in [2.24, 2.45) is 0 Å². The van der Waals surface area contributed by atoms with Crippen LogP contribution in [0.1, 0.15) is 6.92 Å². The van der Waals surface area contributed by atoms with E-state index in [4.69, 9.17) is 9.47 Å². The lowest BCUT2D eigenvalue weighted by Crippen LogP contribution is -2.31. The average molecular weight is 366 g/mol. The van der Waals surface area contributed by atoms with E-state index < -0.39 is 0 Å². The minimum atomic E-state index is -0.176. The molecule has 2 aromatic heterocycles. The second kappa shape index (κ2) is 9.38. The Kier molecular flexibility index (Phi) is 6.40. The van der Waals surface area contributed by atoms with Crippen LogP contribution in [0.15, 0.2) is 61.1 Å². The SMILES string of the molecule is CCOc1ccc(OCC(=O)NCCn2ccc(-c3ccncc3)n2)cc1. The molecule has 140 valence electrons. The third-order valence-electron chi connectivity index (χ3n) is 3.78. The van der Waals surface area contributed by atoms with Crippen LogP contribution in [0.4, 0.5) is 0 Å². The molecule has 7 heteroatoms. The summed E-state index contributed by atoms with van der Waals surface area (Å²) in [4.78, 5) is 15.9. The number of carbonyl (C=O) groups is 1. The number of ether oxygens (including phenoxy) is 2. The van der Waals surface area contributed by atoms with Gasteiger partial charge in [0, 0.05) is 30.7 Å². The van der Waals surface area contributed by atoms with Gasteiger partial charge in [-0.1, -0.05) is 0 Å². The summed E-state index contributed by atoms with van der Waals surface area (Å²) >= 11 is 0. The van der Waals surface area contributed by atoms with E-state index in [0.717, 1.165) is 17.0 Å². The van der Waals surface area contributed by atoms with Gasteiger partial charge in [0.25, 0.3) is 5.91 Å². The van der Waals surface area contributed by atoms with Gasteiger partial charge in [-0.2, -0.15) is 5.10 Å². The monoisotopic (exact) mass is 366 g/mol. The Morgan fingerprint density at radius 2 is 1.74 bits per heavy atom. The highest BCUT2D eigenvalue weighted by molar-refractivity contribution is 5.77. The zero-order valence-electron chi connectivity index (χ0n) is 15.2. The van der Waals surface area contributed by atoms with Crippen LogP contribution < -0.4 is 14.8 Å². The van der Waals surface area contributed by atoms with Gasteiger partial charge in [-0.25, -0.2) is 0 Å². The van der Waals surface area contributed by atoms with Crippen molar-refractivity contribution in [3.05, 3.63) is 61.1 Å². The van der Waals surface area contributed by atoms with E-state index in [1.54, 1.807) is 29.2 Å². The maximum atomic E-state index is 11.9. The maximum Gasteiger partial charge on any atom is 0.258 e. The molecule has 0 fully saturated rings. The fraction of sp³-hybridized carbons (Fsp3) is 0.250. The second-order valence-electron chi connectivity index (χ2n) is 5.74. The number of aromatic nitrogens is 3. The quantitative estimate of drug-likeness (QED) is 0.630. The van der Waals surface area contributed by atoms with E-state index in [0.29, 0.717) is 25.4 Å². The summed E-state index contributed by atoms with van der Waals surface area (Å²) in [6, 6.07) is 12.9. The van der Waals surface area contributed by atoms with Crippen molar-refractivity contribution in [3.63, 3.8) is 0 Å². The van der Waals surface area contributed by atoms with Crippen molar-refractivity contribution in [3.8, 4) is 22.8 Å². The molecule has 0 aliphatic carbocycles. The van der Waals surface area contributed by atoms with Gasteiger partial charge < -0.3 is 14.8 Å². The van der Waals surface area contributed by atoms with E-state index in [9.17, 15) is 4.79 Å². The molecule has 0 spiro atoms. The van der Waals surface area contributed by atoms with Crippen LogP contribution in [0.3, 0.4) is 0 Å². The molecule has 0 saturated heterocycles. The molecule has 0 unspecified atom stereocenters. The summed E-state index contributed by atoms with van der Waals surface area (Å²) in [5.41, 5.74) is 1.89. The predicted octanol–water partition coefficient (Wildman–Crippen LogP) is 2.54. The summed E-state index contributed by atoms with van der Waals surface area (Å²) in [7, 11) is 0. The van der Waals surface area contributed by atoms with Gasteiger partial charge in [0.15, 0.2) is 6.61 Å². The van der Waals surface area contributed by atoms with Crippen molar-refractivity contribution in [2.75, 3.05) is 19.8 Å². The van der Waals surface area contributed by atoms with E-state index in [1.165, 1.54) is 0 Å². The van der Waals surface area contributed by atoms with Crippen LogP contribution in [-0.2, 0) is 11.3 Å². The Bertz CT molecular complexity index is 847. The maximum absolute atomic E-state index is 11.9. The topological polar surface area (TPSA) is 78.3 Å². The van der Waals surface area contributed by atoms with E-state index in [-0.39, 0.29) is 12.5 Å². The van der Waals surface area contributed by atoms with Crippen LogP contribution in [0.5, 0.6) is 11.5 Å². The molecular formula is C20H22N4O3. The number of carbonyl (C=O) groups excluding carboxylic acids is 1. The number of nitrogens with zero attached hydrogens (tertiary/aromatic N) is 3. The highest BCUT2D eigenvalue weighted by Crippen LogP contribution is 2.17. The lowest BCUT2D eigenvalue weighted by Gasteiger charge is -2.08. The zero-order chi connectivity index (χ0) is 18.9. The molecule has 2 heterocycles. The van der Waals surface area contributed by atoms with E-state index in [2.05, 4.69) is 15.4 Å². The molecule has 0 aliphatic rings. The molecular weight excluding hydrogens is 344 g/mol. The minimum absolute atomic E-state index is 0.0324. The molecule has 27 heavy (non-hydrogen) atoms. The number of benzene rings is 1. The summed E-state index contributed by atoms with van der Waals surface area (Å²) in [5.74, 6) is 1.23. The van der Waals surface area contributed by atoms with Gasteiger partial charge in [0.1, 0.15) is 11.5 Å². The van der Waals surface area contributed by atoms with E-state index >= 15 is 0 Å². The summed E-state index contributed by atoms with van der Waals surface area (Å²) < 4.78 is 12.6. The smallest absolute Gasteiger partial charge is 0.258 e. The highest BCUT2D eigenvalue weighted by atomic mass is 16.5. The Hall–Kier alpha value is -3.35. The van der Waals surface area contributed by atoms with Gasteiger partial charge in [-0.3, -0.25) is 14.5 Å². The first-order valence-corrected chi connectivity index (χ1v) is 8.81. The summed E-state index contributed by atoms with van der Waals surface area (Å²) in [6.07, 6.45) is 5.36. The van der Waals surface area contributed by atoms with Crippen LogP contribution in [0.25, 0.3) is 11.3 Å². The largest absolute Gasteiger partial charge is 0.494 e. The molecule has 1 amide bonds. The second-order valence-corrected chi connectivity index (χ2v) is 5.74. The first-order chi connectivity index (χ1) is 13.2. The fourth-order valence-electron chi connectivity index (χ4n) is 2.47. The first kappa shape index (κ1) is 18.4. The summed E-state index contributed by atoms with van der Waals surface area (Å²) in [6.45, 7) is 3.57. The van der Waals surface area contributed by atoms with E-state index in [1.807, 2.05) is 43.5 Å². The lowest BCUT2D eigenvalue weighted by molar-refractivity contribution is -0.123. The lowest BCUT2D eigenvalue weighted by atomic mass is 10.2. The Morgan fingerprint density at radius 1 is 1.04 bits per heavy atom. The van der Waals surface area contributed by atoms with Crippen molar-refractivity contribution >= 4 is 5.91 Å². The number of nitrogens with one attached hydrogen (secondary N) is 1. The first-order valence-electron chi connectivity index (χ1n) is 8.81. The molecule has 3 aromatic rings. The molecule has 0 saturated carbocycles. The third kappa shape index (κ3) is 5.57. The fourth-order valence-corrected chi connectivity index (χ4v) is 2.47. The molecule has 0 aliphatic heterocycles. The van der Waals surface area contributed by atoms with Crippen LogP contribution in [0.2, 0.25) is 0 Å². The predicted molar refractivity (Wildman–Crippen MR) is 102 cm³/mol. The number of rotatable bonds is 9. The van der Waals surface area contributed by atoms with Crippen LogP contribution in [0, 0.1) is 0 Å². The molecule has 1 aromatic carbocycles. The van der Waals surface area contributed by atoms with Gasteiger partial charge in [-0.05, 0) is 49.4 Å². The third-order valence-corrected chi connectivity index (χ3v) is 3.78. The minimum Gasteiger partial charge on any atom is -0.494 e. The van der Waals surface area contributed by atoms with Gasteiger partial charge in [0.05, 0.1) is 18.8 Å². The van der Waals surface area contributed by atoms with Crippen molar-refractivity contribution < 1.29 is 14.3 Å². The molecule has 1 N–H and O–H groups in total. The number of amides is 1. The van der Waals surface area contributed by atoms with Gasteiger partial charge >= 0.3 is 0 Å².